The number of carbonyl (C=O) groups is 1. The van der Waals surface area contributed by atoms with Crippen LogP contribution in [0.4, 0.5) is 10.5 Å². The summed E-state index contributed by atoms with van der Waals surface area (Å²) in [6.07, 6.45) is 3.45. The van der Waals surface area contributed by atoms with Gasteiger partial charge in [-0.15, -0.1) is 0 Å². The lowest BCUT2D eigenvalue weighted by Crippen LogP contribution is -2.32. The molecular formula is C17H24N2O3. The van der Waals surface area contributed by atoms with Gasteiger partial charge in [0.25, 0.3) is 0 Å². The van der Waals surface area contributed by atoms with Crippen molar-refractivity contribution in [1.82, 2.24) is 4.90 Å². The summed E-state index contributed by atoms with van der Waals surface area (Å²) < 4.78 is 11.3. The summed E-state index contributed by atoms with van der Waals surface area (Å²) >= 11 is 0. The van der Waals surface area contributed by atoms with Crippen molar-refractivity contribution in [1.29, 1.82) is 0 Å². The molecule has 2 fully saturated rings. The van der Waals surface area contributed by atoms with Gasteiger partial charge in [-0.1, -0.05) is 13.0 Å². The molecule has 2 amide bonds. The molecule has 0 aromatic heterocycles. The van der Waals surface area contributed by atoms with E-state index in [0.717, 1.165) is 50.4 Å². The maximum atomic E-state index is 12.2. The smallest absolute Gasteiger partial charge is 0.321 e. The van der Waals surface area contributed by atoms with E-state index in [1.54, 1.807) is 0 Å². The molecule has 1 aromatic rings. The summed E-state index contributed by atoms with van der Waals surface area (Å²) in [5.74, 6) is 1.36. The fourth-order valence-corrected chi connectivity index (χ4v) is 2.95. The zero-order valence-corrected chi connectivity index (χ0v) is 13.1. The minimum absolute atomic E-state index is 0.0272. The third-order valence-corrected chi connectivity index (χ3v) is 4.26. The minimum Gasteiger partial charge on any atom is -0.491 e. The SMILES string of the molecule is CC1CCN(C(=O)Nc2cccc(OCC3CCCO3)c2)C1. The molecule has 2 aliphatic rings. The van der Waals surface area contributed by atoms with Crippen LogP contribution in [0.1, 0.15) is 26.2 Å². The van der Waals surface area contributed by atoms with Crippen molar-refractivity contribution >= 4 is 11.7 Å². The lowest BCUT2D eigenvalue weighted by Gasteiger charge is -2.17. The Balaban J connectivity index is 1.53. The Morgan fingerprint density at radius 2 is 2.36 bits per heavy atom. The zero-order valence-electron chi connectivity index (χ0n) is 13.1. The van der Waals surface area contributed by atoms with Crippen LogP contribution in [0.2, 0.25) is 0 Å². The molecule has 1 N–H and O–H groups in total. The molecule has 0 spiro atoms. The first-order valence-corrected chi connectivity index (χ1v) is 8.11. The molecule has 2 aliphatic heterocycles. The fraction of sp³-hybridized carbons (Fsp3) is 0.588. The van der Waals surface area contributed by atoms with Crippen LogP contribution < -0.4 is 10.1 Å². The van der Waals surface area contributed by atoms with Crippen LogP contribution in [0.15, 0.2) is 24.3 Å². The van der Waals surface area contributed by atoms with E-state index in [1.165, 1.54) is 0 Å². The van der Waals surface area contributed by atoms with Crippen molar-refractivity contribution in [3.8, 4) is 5.75 Å². The van der Waals surface area contributed by atoms with Crippen LogP contribution in [0.3, 0.4) is 0 Å². The van der Waals surface area contributed by atoms with Crippen LogP contribution >= 0.6 is 0 Å². The second kappa shape index (κ2) is 7.01. The van der Waals surface area contributed by atoms with E-state index in [-0.39, 0.29) is 12.1 Å². The van der Waals surface area contributed by atoms with Crippen molar-refractivity contribution in [2.45, 2.75) is 32.3 Å². The van der Waals surface area contributed by atoms with Gasteiger partial charge in [-0.25, -0.2) is 4.79 Å². The molecule has 0 radical (unpaired) electrons. The van der Waals surface area contributed by atoms with E-state index in [9.17, 15) is 4.79 Å². The van der Waals surface area contributed by atoms with Gasteiger partial charge >= 0.3 is 6.03 Å². The molecule has 120 valence electrons. The Hall–Kier alpha value is -1.75. The molecule has 2 unspecified atom stereocenters. The number of hydrogen-bond donors (Lipinski definition) is 1. The predicted molar refractivity (Wildman–Crippen MR) is 85.3 cm³/mol. The van der Waals surface area contributed by atoms with Crippen LogP contribution in [0.25, 0.3) is 0 Å². The van der Waals surface area contributed by atoms with Gasteiger partial charge in [0.2, 0.25) is 0 Å². The quantitative estimate of drug-likeness (QED) is 0.930. The number of carbonyl (C=O) groups excluding carboxylic acids is 1. The van der Waals surface area contributed by atoms with Crippen LogP contribution in [-0.2, 0) is 4.74 Å². The van der Waals surface area contributed by atoms with Gasteiger partial charge in [-0.2, -0.15) is 0 Å². The van der Waals surface area contributed by atoms with Crippen molar-refractivity contribution in [2.24, 2.45) is 5.92 Å². The van der Waals surface area contributed by atoms with Gasteiger partial charge in [-0.3, -0.25) is 0 Å². The number of likely N-dealkylation sites (tertiary alicyclic amines) is 1. The molecule has 2 atom stereocenters. The number of anilines is 1. The highest BCUT2D eigenvalue weighted by Gasteiger charge is 2.23. The molecule has 3 rings (SSSR count). The Bertz CT molecular complexity index is 514. The number of nitrogens with one attached hydrogen (secondary N) is 1. The number of ether oxygens (including phenoxy) is 2. The average Bonchev–Trinajstić information content (AvgIpc) is 3.17. The molecular weight excluding hydrogens is 280 g/mol. The van der Waals surface area contributed by atoms with Crippen LogP contribution in [0, 0.1) is 5.92 Å². The van der Waals surface area contributed by atoms with Gasteiger partial charge in [-0.05, 0) is 37.3 Å². The molecule has 0 aliphatic carbocycles. The van der Waals surface area contributed by atoms with Gasteiger partial charge in [0.15, 0.2) is 0 Å². The monoisotopic (exact) mass is 304 g/mol. The van der Waals surface area contributed by atoms with E-state index in [1.807, 2.05) is 29.2 Å². The first-order valence-electron chi connectivity index (χ1n) is 8.11. The van der Waals surface area contributed by atoms with Crippen LogP contribution in [0.5, 0.6) is 5.75 Å². The van der Waals surface area contributed by atoms with E-state index in [4.69, 9.17) is 9.47 Å². The summed E-state index contributed by atoms with van der Waals surface area (Å²) in [4.78, 5) is 14.1. The predicted octanol–water partition coefficient (Wildman–Crippen LogP) is 3.12. The summed E-state index contributed by atoms with van der Waals surface area (Å²) in [5.41, 5.74) is 0.773. The van der Waals surface area contributed by atoms with E-state index >= 15 is 0 Å². The Morgan fingerprint density at radius 3 is 3.09 bits per heavy atom. The van der Waals surface area contributed by atoms with Gasteiger partial charge in [0.1, 0.15) is 12.4 Å². The molecule has 2 saturated heterocycles. The average molecular weight is 304 g/mol. The summed E-state index contributed by atoms with van der Waals surface area (Å²) in [7, 11) is 0. The Morgan fingerprint density at radius 1 is 1.45 bits per heavy atom. The topological polar surface area (TPSA) is 50.8 Å². The molecule has 1 aromatic carbocycles. The molecule has 22 heavy (non-hydrogen) atoms. The van der Waals surface area contributed by atoms with Crippen molar-refractivity contribution in [2.75, 3.05) is 31.6 Å². The first kappa shape index (κ1) is 15.2. The summed E-state index contributed by atoms with van der Waals surface area (Å²) in [6, 6.07) is 7.53. The molecule has 5 nitrogen and oxygen atoms in total. The normalized spacial score (nSPS) is 24.5. The number of rotatable bonds is 4. The highest BCUT2D eigenvalue weighted by molar-refractivity contribution is 5.89. The lowest BCUT2D eigenvalue weighted by atomic mass is 10.2. The largest absolute Gasteiger partial charge is 0.491 e. The van der Waals surface area contributed by atoms with Gasteiger partial charge in [0, 0.05) is 31.5 Å². The third kappa shape index (κ3) is 3.91. The molecule has 5 heteroatoms. The third-order valence-electron chi connectivity index (χ3n) is 4.26. The minimum atomic E-state index is -0.0272. The lowest BCUT2D eigenvalue weighted by molar-refractivity contribution is 0.0680. The molecule has 2 heterocycles. The number of amides is 2. The van der Waals surface area contributed by atoms with Crippen molar-refractivity contribution in [3.05, 3.63) is 24.3 Å². The van der Waals surface area contributed by atoms with Crippen molar-refractivity contribution < 1.29 is 14.3 Å². The number of benzene rings is 1. The van der Waals surface area contributed by atoms with Crippen LogP contribution in [-0.4, -0.2) is 43.3 Å². The molecule has 0 bridgehead atoms. The number of nitrogens with zero attached hydrogens (tertiary/aromatic N) is 1. The number of hydrogen-bond acceptors (Lipinski definition) is 3. The zero-order chi connectivity index (χ0) is 15.4. The van der Waals surface area contributed by atoms with Crippen molar-refractivity contribution in [3.63, 3.8) is 0 Å². The summed E-state index contributed by atoms with van der Waals surface area (Å²) in [6.45, 7) is 5.25. The first-order chi connectivity index (χ1) is 10.7. The van der Waals surface area contributed by atoms with Gasteiger partial charge in [0.05, 0.1) is 6.10 Å². The maximum Gasteiger partial charge on any atom is 0.321 e. The second-order valence-electron chi connectivity index (χ2n) is 6.24. The number of urea groups is 1. The summed E-state index contributed by atoms with van der Waals surface area (Å²) in [5, 5.41) is 2.95. The highest BCUT2D eigenvalue weighted by Crippen LogP contribution is 2.21. The van der Waals surface area contributed by atoms with Gasteiger partial charge < -0.3 is 19.7 Å². The fourth-order valence-electron chi connectivity index (χ4n) is 2.95. The standard InChI is InChI=1S/C17H24N2O3/c1-13-7-8-19(11-13)17(20)18-14-4-2-5-15(10-14)22-12-16-6-3-9-21-16/h2,4-5,10,13,16H,3,6-9,11-12H2,1H3,(H,18,20). The maximum absolute atomic E-state index is 12.2. The van der Waals surface area contributed by atoms with E-state index in [2.05, 4.69) is 12.2 Å². The van der Waals surface area contributed by atoms with E-state index in [0.29, 0.717) is 12.5 Å². The molecule has 0 saturated carbocycles. The highest BCUT2D eigenvalue weighted by atomic mass is 16.5. The second-order valence-corrected chi connectivity index (χ2v) is 6.24. The Kier molecular flexibility index (Phi) is 4.83. The Labute approximate surface area is 131 Å². The van der Waals surface area contributed by atoms with E-state index < -0.39 is 0 Å².